The zero-order valence-electron chi connectivity index (χ0n) is 18.9. The van der Waals surface area contributed by atoms with Gasteiger partial charge in [-0.2, -0.15) is 0 Å². The number of ether oxygens (including phenoxy) is 3. The van der Waals surface area contributed by atoms with Crippen molar-refractivity contribution in [1.82, 2.24) is 0 Å². The van der Waals surface area contributed by atoms with Gasteiger partial charge in [0.1, 0.15) is 40.8 Å². The molecule has 35 heavy (non-hydrogen) atoms. The number of phenolic OH excluding ortho intramolecular Hbond substituents is 3. The van der Waals surface area contributed by atoms with Crippen molar-refractivity contribution in [2.75, 3.05) is 6.61 Å². The van der Waals surface area contributed by atoms with Crippen molar-refractivity contribution in [2.45, 2.75) is 56.9 Å². The number of esters is 1. The van der Waals surface area contributed by atoms with Crippen LogP contribution in [0.5, 0.6) is 23.0 Å². The highest BCUT2D eigenvalue weighted by molar-refractivity contribution is 6.01. The van der Waals surface area contributed by atoms with E-state index in [0.29, 0.717) is 6.42 Å². The van der Waals surface area contributed by atoms with Gasteiger partial charge in [-0.25, -0.2) is 0 Å². The monoisotopic (exact) mass is 492 g/mol. The van der Waals surface area contributed by atoms with Gasteiger partial charge in [0.2, 0.25) is 6.29 Å². The molecule has 2 aromatic carbocycles. The van der Waals surface area contributed by atoms with Crippen LogP contribution in [0.3, 0.4) is 0 Å². The van der Waals surface area contributed by atoms with Gasteiger partial charge >= 0.3 is 5.97 Å². The molecule has 1 aliphatic rings. The van der Waals surface area contributed by atoms with Crippen LogP contribution in [0.2, 0.25) is 0 Å². The Kier molecular flexibility index (Phi) is 8.52. The molecule has 0 spiro atoms. The maximum atomic E-state index is 12.6. The van der Waals surface area contributed by atoms with Gasteiger partial charge in [0.05, 0.1) is 6.61 Å². The molecule has 1 saturated heterocycles. The largest absolute Gasteiger partial charge is 0.508 e. The van der Waals surface area contributed by atoms with Gasteiger partial charge in [-0.1, -0.05) is 19.1 Å². The van der Waals surface area contributed by atoms with Gasteiger partial charge in [-0.3, -0.25) is 9.59 Å². The van der Waals surface area contributed by atoms with E-state index in [1.807, 2.05) is 0 Å². The summed E-state index contributed by atoms with van der Waals surface area (Å²) in [4.78, 5) is 24.3. The lowest BCUT2D eigenvalue weighted by atomic mass is 9.98. The third-order valence-electron chi connectivity index (χ3n) is 5.56. The van der Waals surface area contributed by atoms with E-state index in [4.69, 9.17) is 14.2 Å². The lowest BCUT2D eigenvalue weighted by Crippen LogP contribution is -2.61. The summed E-state index contributed by atoms with van der Waals surface area (Å²) in [7, 11) is 0. The van der Waals surface area contributed by atoms with Crippen molar-refractivity contribution in [2.24, 2.45) is 0 Å². The van der Waals surface area contributed by atoms with E-state index in [-0.39, 0.29) is 29.9 Å². The summed E-state index contributed by atoms with van der Waals surface area (Å²) >= 11 is 0. The highest BCUT2D eigenvalue weighted by Gasteiger charge is 2.47. The predicted octanol–water partition coefficient (Wildman–Crippen LogP) is 0.758. The van der Waals surface area contributed by atoms with Crippen molar-refractivity contribution >= 4 is 11.8 Å². The highest BCUT2D eigenvalue weighted by Crippen LogP contribution is 2.35. The normalized spacial score (nSPS) is 24.1. The van der Waals surface area contributed by atoms with Crippen LogP contribution in [0.4, 0.5) is 0 Å². The second-order valence-electron chi connectivity index (χ2n) is 8.06. The molecule has 1 heterocycles. The summed E-state index contributed by atoms with van der Waals surface area (Å²) in [5.74, 6) is -2.48. The minimum atomic E-state index is -1.67. The molecule has 0 amide bonds. The molecule has 0 bridgehead atoms. The second kappa shape index (κ2) is 11.4. The van der Waals surface area contributed by atoms with Crippen molar-refractivity contribution in [3.8, 4) is 23.0 Å². The Bertz CT molecular complexity index is 1010. The average Bonchev–Trinajstić information content (AvgIpc) is 2.82. The molecule has 1 aliphatic heterocycles. The van der Waals surface area contributed by atoms with E-state index in [0.717, 1.165) is 17.7 Å². The Morgan fingerprint density at radius 2 is 1.63 bits per heavy atom. The van der Waals surface area contributed by atoms with Crippen LogP contribution in [0.25, 0.3) is 0 Å². The van der Waals surface area contributed by atoms with Crippen LogP contribution in [-0.4, -0.2) is 79.7 Å². The fourth-order valence-corrected chi connectivity index (χ4v) is 3.64. The number of benzene rings is 2. The minimum absolute atomic E-state index is 0.0178. The predicted molar refractivity (Wildman–Crippen MR) is 119 cm³/mol. The third-order valence-corrected chi connectivity index (χ3v) is 5.56. The third kappa shape index (κ3) is 6.20. The molecule has 0 unspecified atom stereocenters. The SMILES string of the molecule is CCC(=O)O[C@@H]1[C@@H](O)[C@H](Oc2cc(O)c(C(=O)CCc3ccc(O)cc3)c(O)c2)O[C@H](CO)[C@H]1O. The number of hydrogen-bond donors (Lipinski definition) is 6. The first-order valence-electron chi connectivity index (χ1n) is 11.0. The maximum Gasteiger partial charge on any atom is 0.305 e. The Morgan fingerprint density at radius 3 is 2.20 bits per heavy atom. The van der Waals surface area contributed by atoms with E-state index in [9.17, 15) is 40.2 Å². The topological polar surface area (TPSA) is 183 Å². The summed E-state index contributed by atoms with van der Waals surface area (Å²) in [6, 6.07) is 8.34. The van der Waals surface area contributed by atoms with E-state index in [2.05, 4.69) is 0 Å². The lowest BCUT2D eigenvalue weighted by molar-refractivity contribution is -0.281. The number of rotatable bonds is 9. The number of carbonyl (C=O) groups is 2. The van der Waals surface area contributed by atoms with Crippen molar-refractivity contribution in [3.63, 3.8) is 0 Å². The van der Waals surface area contributed by atoms with Gasteiger partial charge in [0.25, 0.3) is 0 Å². The van der Waals surface area contributed by atoms with E-state index < -0.39 is 60.6 Å². The number of aromatic hydroxyl groups is 3. The van der Waals surface area contributed by atoms with E-state index in [1.54, 1.807) is 12.1 Å². The number of aryl methyl sites for hydroxylation is 1. The molecule has 0 radical (unpaired) electrons. The Balaban J connectivity index is 1.73. The van der Waals surface area contributed by atoms with E-state index in [1.165, 1.54) is 19.1 Å². The Labute approximate surface area is 200 Å². The average molecular weight is 492 g/mol. The zero-order valence-corrected chi connectivity index (χ0v) is 18.9. The number of aliphatic hydroxyl groups excluding tert-OH is 3. The first kappa shape index (κ1) is 26.2. The fraction of sp³-hybridized carbons (Fsp3) is 0.417. The molecule has 11 heteroatoms. The Hall–Kier alpha value is -3.38. The van der Waals surface area contributed by atoms with Crippen LogP contribution in [0.1, 0.15) is 35.7 Å². The minimum Gasteiger partial charge on any atom is -0.508 e. The molecule has 0 aliphatic carbocycles. The smallest absolute Gasteiger partial charge is 0.305 e. The number of phenols is 3. The number of hydrogen-bond acceptors (Lipinski definition) is 11. The first-order valence-corrected chi connectivity index (χ1v) is 11.0. The molecule has 2 aromatic rings. The van der Waals surface area contributed by atoms with Crippen molar-refractivity contribution in [3.05, 3.63) is 47.5 Å². The van der Waals surface area contributed by atoms with Crippen molar-refractivity contribution < 1.29 is 54.4 Å². The van der Waals surface area contributed by atoms with Gasteiger partial charge in [0.15, 0.2) is 18.0 Å². The van der Waals surface area contributed by atoms with Crippen LogP contribution in [-0.2, 0) is 20.7 Å². The molecule has 190 valence electrons. The number of ketones is 1. The van der Waals surface area contributed by atoms with Gasteiger partial charge in [-0.15, -0.1) is 0 Å². The zero-order chi connectivity index (χ0) is 25.7. The summed E-state index contributed by atoms with van der Waals surface area (Å²) in [6.07, 6.45) is -7.18. The summed E-state index contributed by atoms with van der Waals surface area (Å²) in [5.41, 5.74) is 0.456. The number of aliphatic hydroxyl groups is 3. The first-order chi connectivity index (χ1) is 16.6. The van der Waals surface area contributed by atoms with Crippen molar-refractivity contribution in [1.29, 1.82) is 0 Å². The van der Waals surface area contributed by atoms with Gasteiger partial charge in [-0.05, 0) is 24.1 Å². The number of carbonyl (C=O) groups excluding carboxylic acids is 2. The second-order valence-corrected chi connectivity index (χ2v) is 8.06. The molecule has 3 rings (SSSR count). The molecular weight excluding hydrogens is 464 g/mol. The summed E-state index contributed by atoms with van der Waals surface area (Å²) in [5, 5.41) is 60.3. The molecule has 0 saturated carbocycles. The van der Waals surface area contributed by atoms with Crippen LogP contribution < -0.4 is 4.74 Å². The molecule has 1 fully saturated rings. The van der Waals surface area contributed by atoms with Crippen LogP contribution in [0.15, 0.2) is 36.4 Å². The van der Waals surface area contributed by atoms with Gasteiger partial charge < -0.3 is 44.8 Å². The molecule has 6 N–H and O–H groups in total. The van der Waals surface area contributed by atoms with E-state index >= 15 is 0 Å². The maximum absolute atomic E-state index is 12.6. The quantitative estimate of drug-likeness (QED) is 0.215. The van der Waals surface area contributed by atoms with Gasteiger partial charge in [0, 0.05) is 25.0 Å². The Morgan fingerprint density at radius 1 is 1.00 bits per heavy atom. The standard InChI is InChI=1S/C24H28O11/c1-2-19(30)35-23-21(31)18(11-25)34-24(22(23)32)33-14-9-16(28)20(17(29)10-14)15(27)8-5-12-3-6-13(26)7-4-12/h3-4,6-7,9-10,18,21-26,28-29,31-32H,2,5,8,11H2,1H3/t18-,21-,22-,23+,24-/m1/s1. The molecule has 5 atom stereocenters. The molecule has 11 nitrogen and oxygen atoms in total. The molecular formula is C24H28O11. The highest BCUT2D eigenvalue weighted by atomic mass is 16.7. The number of Topliss-reactive ketones (excluding diaryl/α,β-unsaturated/α-hetero) is 1. The van der Waals surface area contributed by atoms with Crippen LogP contribution in [0, 0.1) is 0 Å². The molecule has 0 aromatic heterocycles. The fourth-order valence-electron chi connectivity index (χ4n) is 3.64. The summed E-state index contributed by atoms with van der Waals surface area (Å²) in [6.45, 7) is 0.857. The lowest BCUT2D eigenvalue weighted by Gasteiger charge is -2.41. The van der Waals surface area contributed by atoms with Crippen LogP contribution >= 0.6 is 0 Å². The summed E-state index contributed by atoms with van der Waals surface area (Å²) < 4.78 is 15.9.